The third kappa shape index (κ3) is 5.51. The molecule has 0 spiro atoms. The summed E-state index contributed by atoms with van der Waals surface area (Å²) < 4.78 is 95.4. The first-order valence-electron chi connectivity index (χ1n) is 12.0. The third-order valence-electron chi connectivity index (χ3n) is 6.77. The zero-order chi connectivity index (χ0) is 29.7. The SMILES string of the molecule is Cc1nc(C)c(-c2cc(C(F)(F)F)c3c(N)ncnn23)cc1C(=O)N[C@@H]1CN(C(=O)CC(C)C(F)(F)F)C[C@@H]1F. The van der Waals surface area contributed by atoms with E-state index in [2.05, 4.69) is 20.4 Å². The van der Waals surface area contributed by atoms with Crippen LogP contribution in [0.25, 0.3) is 16.8 Å². The smallest absolute Gasteiger partial charge is 0.382 e. The quantitative estimate of drug-likeness (QED) is 0.446. The average Bonchev–Trinajstić information content (AvgIpc) is 3.40. The van der Waals surface area contributed by atoms with Gasteiger partial charge in [0.05, 0.1) is 41.0 Å². The van der Waals surface area contributed by atoms with Gasteiger partial charge in [0.15, 0.2) is 5.82 Å². The number of nitrogens with zero attached hydrogens (tertiary/aromatic N) is 5. The van der Waals surface area contributed by atoms with E-state index in [-0.39, 0.29) is 34.8 Å². The van der Waals surface area contributed by atoms with Crippen molar-refractivity contribution in [3.8, 4) is 11.3 Å². The number of alkyl halides is 7. The molecule has 0 bridgehead atoms. The number of amides is 2. The third-order valence-corrected chi connectivity index (χ3v) is 6.77. The van der Waals surface area contributed by atoms with E-state index >= 15 is 0 Å². The Morgan fingerprint density at radius 3 is 2.42 bits per heavy atom. The molecule has 9 nitrogen and oxygen atoms in total. The van der Waals surface area contributed by atoms with Crippen LogP contribution in [0.15, 0.2) is 18.5 Å². The molecule has 3 atom stereocenters. The van der Waals surface area contributed by atoms with E-state index in [1.165, 1.54) is 19.9 Å². The molecule has 4 rings (SSSR count). The molecular weight excluding hydrogens is 551 g/mol. The molecule has 1 saturated heterocycles. The van der Waals surface area contributed by atoms with E-state index in [9.17, 15) is 40.3 Å². The summed E-state index contributed by atoms with van der Waals surface area (Å²) in [4.78, 5) is 34.2. The molecule has 216 valence electrons. The lowest BCUT2D eigenvalue weighted by Gasteiger charge is -2.20. The van der Waals surface area contributed by atoms with Gasteiger partial charge in [-0.15, -0.1) is 0 Å². The van der Waals surface area contributed by atoms with Crippen LogP contribution in [-0.4, -0.2) is 67.8 Å². The number of carbonyl (C=O) groups is 2. The molecule has 1 aliphatic heterocycles. The average molecular weight is 575 g/mol. The van der Waals surface area contributed by atoms with Gasteiger partial charge < -0.3 is 16.0 Å². The second-order valence-corrected chi connectivity index (χ2v) is 9.64. The molecule has 1 aliphatic rings. The van der Waals surface area contributed by atoms with Crippen molar-refractivity contribution >= 4 is 23.1 Å². The molecule has 0 aromatic carbocycles. The lowest BCUT2D eigenvalue weighted by Crippen LogP contribution is -2.42. The van der Waals surface area contributed by atoms with E-state index in [0.717, 1.165) is 28.7 Å². The monoisotopic (exact) mass is 575 g/mol. The van der Waals surface area contributed by atoms with Gasteiger partial charge in [-0.3, -0.25) is 14.6 Å². The van der Waals surface area contributed by atoms with Gasteiger partial charge in [0.2, 0.25) is 5.91 Å². The maximum Gasteiger partial charge on any atom is 0.418 e. The standard InChI is InChI=1S/C24H24F7N7O2/c1-10(23(26,27)28)4-19(39)37-7-16(25)17(8-37)36-22(40)14-5-13(11(2)35-12(14)3)18-6-15(24(29,30)31)20-21(32)33-9-34-38(18)20/h5-6,9-10,16-17H,4,7-8H2,1-3H3,(H,36,40)(H2,32,33,34)/t10?,16-,17+/m0/s1. The lowest BCUT2D eigenvalue weighted by atomic mass is 10.0. The first kappa shape index (κ1) is 29.0. The van der Waals surface area contributed by atoms with Crippen molar-refractivity contribution in [3.63, 3.8) is 0 Å². The summed E-state index contributed by atoms with van der Waals surface area (Å²) in [7, 11) is 0. The van der Waals surface area contributed by atoms with E-state index in [1.54, 1.807) is 0 Å². The molecule has 1 unspecified atom stereocenters. The van der Waals surface area contributed by atoms with Crippen molar-refractivity contribution in [3.05, 3.63) is 41.0 Å². The molecule has 2 amide bonds. The zero-order valence-corrected chi connectivity index (χ0v) is 21.4. The molecule has 0 saturated carbocycles. The Morgan fingerprint density at radius 2 is 1.80 bits per heavy atom. The summed E-state index contributed by atoms with van der Waals surface area (Å²) in [5.41, 5.74) is 4.52. The number of anilines is 1. The normalized spacial score (nSPS) is 18.8. The summed E-state index contributed by atoms with van der Waals surface area (Å²) in [5.74, 6) is -4.07. The Labute approximate surface area is 222 Å². The number of nitrogens with two attached hydrogens (primary N) is 1. The van der Waals surface area contributed by atoms with Gasteiger partial charge in [0.25, 0.3) is 5.91 Å². The predicted octanol–water partition coefficient (Wildman–Crippen LogP) is 3.88. The van der Waals surface area contributed by atoms with Crippen molar-refractivity contribution < 1.29 is 40.3 Å². The fraction of sp³-hybridized carbons (Fsp3) is 0.458. The first-order valence-corrected chi connectivity index (χ1v) is 12.0. The Hall–Kier alpha value is -3.98. The van der Waals surface area contributed by atoms with Gasteiger partial charge in [-0.2, -0.15) is 31.4 Å². The number of pyridine rings is 1. The fourth-order valence-electron chi connectivity index (χ4n) is 4.55. The maximum atomic E-state index is 14.7. The predicted molar refractivity (Wildman–Crippen MR) is 128 cm³/mol. The highest BCUT2D eigenvalue weighted by atomic mass is 19.4. The van der Waals surface area contributed by atoms with Crippen LogP contribution in [0.2, 0.25) is 0 Å². The number of nitrogen functional groups attached to an aromatic ring is 1. The molecule has 0 aliphatic carbocycles. The highest BCUT2D eigenvalue weighted by Gasteiger charge is 2.42. The zero-order valence-electron chi connectivity index (χ0n) is 21.4. The van der Waals surface area contributed by atoms with Crippen LogP contribution in [-0.2, 0) is 11.0 Å². The highest BCUT2D eigenvalue weighted by Crippen LogP contribution is 2.39. The number of halogens is 7. The number of aromatic nitrogens is 4. The minimum absolute atomic E-state index is 0.0738. The molecule has 3 aromatic heterocycles. The molecule has 16 heteroatoms. The molecule has 3 N–H and O–H groups in total. The van der Waals surface area contributed by atoms with Gasteiger partial charge in [-0.25, -0.2) is 13.9 Å². The lowest BCUT2D eigenvalue weighted by molar-refractivity contribution is -0.176. The second kappa shape index (κ2) is 10.2. The van der Waals surface area contributed by atoms with Gasteiger partial charge in [-0.05, 0) is 26.0 Å². The van der Waals surface area contributed by atoms with Crippen molar-refractivity contribution in [1.29, 1.82) is 0 Å². The van der Waals surface area contributed by atoms with E-state index < -0.39 is 72.2 Å². The molecule has 4 heterocycles. The van der Waals surface area contributed by atoms with Gasteiger partial charge in [0, 0.05) is 24.2 Å². The number of rotatable bonds is 5. The van der Waals surface area contributed by atoms with Crippen LogP contribution in [0, 0.1) is 19.8 Å². The van der Waals surface area contributed by atoms with E-state index in [1.807, 2.05) is 0 Å². The summed E-state index contributed by atoms with van der Waals surface area (Å²) in [6.07, 6.45) is -11.0. The minimum atomic E-state index is -4.80. The van der Waals surface area contributed by atoms with E-state index in [4.69, 9.17) is 5.73 Å². The van der Waals surface area contributed by atoms with Crippen molar-refractivity contribution in [2.75, 3.05) is 18.8 Å². The molecule has 1 fully saturated rings. The molecule has 40 heavy (non-hydrogen) atoms. The Balaban J connectivity index is 1.61. The highest BCUT2D eigenvalue weighted by molar-refractivity contribution is 5.97. The van der Waals surface area contributed by atoms with Crippen LogP contribution in [0.3, 0.4) is 0 Å². The van der Waals surface area contributed by atoms with Crippen molar-refractivity contribution in [2.45, 2.75) is 51.8 Å². The topological polar surface area (TPSA) is 119 Å². The summed E-state index contributed by atoms with van der Waals surface area (Å²) >= 11 is 0. The number of aryl methyl sites for hydroxylation is 2. The van der Waals surface area contributed by atoms with Crippen molar-refractivity contribution in [1.82, 2.24) is 29.8 Å². The van der Waals surface area contributed by atoms with E-state index in [0.29, 0.717) is 0 Å². The number of hydrogen-bond acceptors (Lipinski definition) is 6. The number of nitrogens with one attached hydrogen (secondary N) is 1. The largest absolute Gasteiger partial charge is 0.418 e. The van der Waals surface area contributed by atoms with Crippen LogP contribution in [0.4, 0.5) is 36.6 Å². The van der Waals surface area contributed by atoms with Gasteiger partial charge in [0.1, 0.15) is 18.0 Å². The number of carbonyl (C=O) groups excluding carboxylic acids is 2. The van der Waals surface area contributed by atoms with Gasteiger partial charge in [-0.1, -0.05) is 6.92 Å². The van der Waals surface area contributed by atoms with Crippen LogP contribution in [0.5, 0.6) is 0 Å². The maximum absolute atomic E-state index is 14.7. The van der Waals surface area contributed by atoms with Gasteiger partial charge >= 0.3 is 12.4 Å². The molecule has 3 aromatic rings. The Kier molecular flexibility index (Phi) is 7.40. The number of hydrogen-bond donors (Lipinski definition) is 2. The first-order chi connectivity index (χ1) is 18.5. The number of fused-ring (bicyclic) bond motifs is 1. The Bertz CT molecular complexity index is 1470. The molecular formula is C24H24F7N7O2. The summed E-state index contributed by atoms with van der Waals surface area (Å²) in [6, 6.07) is 0.866. The Morgan fingerprint density at radius 1 is 1.12 bits per heavy atom. The number of likely N-dealkylation sites (tertiary alicyclic amines) is 1. The van der Waals surface area contributed by atoms with Crippen molar-refractivity contribution in [2.24, 2.45) is 5.92 Å². The summed E-state index contributed by atoms with van der Waals surface area (Å²) in [5, 5.41) is 6.31. The second-order valence-electron chi connectivity index (χ2n) is 9.64. The summed E-state index contributed by atoms with van der Waals surface area (Å²) in [6.45, 7) is 2.98. The molecule has 0 radical (unpaired) electrons. The minimum Gasteiger partial charge on any atom is -0.382 e. The van der Waals surface area contributed by atoms with Crippen LogP contribution in [0.1, 0.15) is 40.7 Å². The van der Waals surface area contributed by atoms with Crippen LogP contribution >= 0.6 is 0 Å². The fourth-order valence-corrected chi connectivity index (χ4v) is 4.55. The van der Waals surface area contributed by atoms with Crippen LogP contribution < -0.4 is 11.1 Å².